The number of fused-ring (bicyclic) bond motifs is 3. The monoisotopic (exact) mass is 483 g/mol. The van der Waals surface area contributed by atoms with Gasteiger partial charge in [-0.3, -0.25) is 15.5 Å². The highest BCUT2D eigenvalue weighted by molar-refractivity contribution is 6.25. The molecule has 2 N–H and O–H groups in total. The molecule has 0 fully saturated rings. The molecule has 2 aliphatic heterocycles. The lowest BCUT2D eigenvalue weighted by molar-refractivity contribution is -0.384. The van der Waals surface area contributed by atoms with Crippen molar-refractivity contribution in [1.29, 1.82) is 5.41 Å². The van der Waals surface area contributed by atoms with Crippen molar-refractivity contribution in [1.82, 2.24) is 15.2 Å². The van der Waals surface area contributed by atoms with Crippen LogP contribution in [0.15, 0.2) is 65.9 Å². The number of benzene rings is 2. The lowest BCUT2D eigenvalue weighted by atomic mass is 9.92. The molecule has 3 heterocycles. The zero-order valence-electron chi connectivity index (χ0n) is 20.4. The van der Waals surface area contributed by atoms with Gasteiger partial charge in [0, 0.05) is 54.3 Å². The van der Waals surface area contributed by atoms with Gasteiger partial charge in [-0.25, -0.2) is 4.98 Å². The molecule has 5 rings (SSSR count). The normalized spacial score (nSPS) is 14.8. The Hall–Kier alpha value is -4.66. The Morgan fingerprint density at radius 1 is 1.08 bits per heavy atom. The van der Waals surface area contributed by atoms with Crippen molar-refractivity contribution >= 4 is 22.8 Å². The molecule has 0 aliphatic carbocycles. The number of nitro benzene ring substituents is 1. The first-order chi connectivity index (χ1) is 17.3. The second-order valence-electron chi connectivity index (χ2n) is 8.67. The topological polar surface area (TPSA) is 114 Å². The van der Waals surface area contributed by atoms with Gasteiger partial charge in [0.15, 0.2) is 11.5 Å². The molecule has 0 atom stereocenters. The number of hydrogen-bond donors (Lipinski definition) is 2. The van der Waals surface area contributed by atoms with Gasteiger partial charge >= 0.3 is 0 Å². The number of pyridine rings is 1. The summed E-state index contributed by atoms with van der Waals surface area (Å²) in [6.07, 6.45) is 0. The predicted molar refractivity (Wildman–Crippen MR) is 137 cm³/mol. The SMILES string of the molecule is COc1cc2c(cc1Oc1cccc(C)n1)CNC(C)=C1C(=N)N(C)C(c3ccc([N+](=O)[O-])cc3)=C12. The first-order valence-electron chi connectivity index (χ1n) is 11.4. The fourth-order valence-corrected chi connectivity index (χ4v) is 4.61. The third-order valence-corrected chi connectivity index (χ3v) is 6.40. The fraction of sp³-hybridized carbons (Fsp3) is 0.185. The number of rotatable bonds is 5. The number of nitrogens with one attached hydrogen (secondary N) is 2. The highest BCUT2D eigenvalue weighted by Crippen LogP contribution is 2.47. The molecule has 9 nitrogen and oxygen atoms in total. The molecule has 0 saturated heterocycles. The van der Waals surface area contributed by atoms with Crippen molar-refractivity contribution in [3.63, 3.8) is 0 Å². The standard InChI is InChI=1S/C27H25N5O4/c1-15-6-5-7-23(30-15)36-22-12-18-14-29-16(2)24-25(20(18)13-21(22)35-4)26(31(3)27(24)28)17-8-10-19(11-9-17)32(33)34/h5-13,28-29H,14H2,1-4H3. The van der Waals surface area contributed by atoms with E-state index in [-0.39, 0.29) is 5.69 Å². The van der Waals surface area contributed by atoms with Crippen LogP contribution in [0, 0.1) is 22.4 Å². The van der Waals surface area contributed by atoms with Crippen molar-refractivity contribution in [2.45, 2.75) is 20.4 Å². The number of allylic oxidation sites excluding steroid dienone is 1. The van der Waals surface area contributed by atoms with Crippen molar-refractivity contribution in [2.24, 2.45) is 0 Å². The first-order valence-corrected chi connectivity index (χ1v) is 11.4. The minimum absolute atomic E-state index is 0.0168. The van der Waals surface area contributed by atoms with Crippen LogP contribution in [0.1, 0.15) is 29.3 Å². The Morgan fingerprint density at radius 3 is 2.50 bits per heavy atom. The van der Waals surface area contributed by atoms with Crippen LogP contribution in [0.3, 0.4) is 0 Å². The smallest absolute Gasteiger partial charge is 0.269 e. The highest BCUT2D eigenvalue weighted by Gasteiger charge is 2.36. The highest BCUT2D eigenvalue weighted by atomic mass is 16.6. The second-order valence-corrected chi connectivity index (χ2v) is 8.67. The molecule has 3 aromatic rings. The maximum atomic E-state index is 11.2. The molecule has 1 aromatic heterocycles. The van der Waals surface area contributed by atoms with Gasteiger partial charge in [0.25, 0.3) is 5.69 Å². The number of ether oxygens (including phenoxy) is 2. The molecule has 0 amide bonds. The van der Waals surface area contributed by atoms with Crippen molar-refractivity contribution in [3.8, 4) is 17.4 Å². The van der Waals surface area contributed by atoms with E-state index in [2.05, 4.69) is 10.3 Å². The van der Waals surface area contributed by atoms with E-state index in [9.17, 15) is 10.1 Å². The Morgan fingerprint density at radius 2 is 1.83 bits per heavy atom. The van der Waals surface area contributed by atoms with E-state index in [1.54, 1.807) is 30.2 Å². The number of aromatic nitrogens is 1. The van der Waals surface area contributed by atoms with Crippen LogP contribution in [0.2, 0.25) is 0 Å². The quantitative estimate of drug-likeness (QED) is 0.375. The van der Waals surface area contributed by atoms with Crippen LogP contribution in [0.25, 0.3) is 11.3 Å². The predicted octanol–water partition coefficient (Wildman–Crippen LogP) is 5.27. The minimum atomic E-state index is -0.419. The fourth-order valence-electron chi connectivity index (χ4n) is 4.61. The number of nitro groups is 1. The van der Waals surface area contributed by atoms with Gasteiger partial charge in [-0.2, -0.15) is 0 Å². The molecule has 2 aliphatic rings. The van der Waals surface area contributed by atoms with Gasteiger partial charge in [-0.05, 0) is 60.9 Å². The maximum absolute atomic E-state index is 11.2. The molecule has 36 heavy (non-hydrogen) atoms. The average molecular weight is 484 g/mol. The molecule has 2 aromatic carbocycles. The van der Waals surface area contributed by atoms with Crippen molar-refractivity contribution in [3.05, 3.63) is 98.4 Å². The molecule has 0 spiro atoms. The molecular weight excluding hydrogens is 458 g/mol. The Labute approximate surface area is 208 Å². The van der Waals surface area contributed by atoms with Crippen molar-refractivity contribution in [2.75, 3.05) is 14.2 Å². The third-order valence-electron chi connectivity index (χ3n) is 6.40. The van der Waals surface area contributed by atoms with Crippen LogP contribution in [-0.2, 0) is 6.54 Å². The lowest BCUT2D eigenvalue weighted by Crippen LogP contribution is -2.22. The Kier molecular flexibility index (Phi) is 5.68. The molecule has 9 heteroatoms. The van der Waals surface area contributed by atoms with E-state index >= 15 is 0 Å². The van der Waals surface area contributed by atoms with E-state index < -0.39 is 4.92 Å². The van der Waals surface area contributed by atoms with Crippen LogP contribution < -0.4 is 14.8 Å². The van der Waals surface area contributed by atoms with Gasteiger partial charge < -0.3 is 19.7 Å². The number of amidine groups is 1. The summed E-state index contributed by atoms with van der Waals surface area (Å²) in [6.45, 7) is 4.38. The third kappa shape index (κ3) is 3.84. The van der Waals surface area contributed by atoms with Crippen LogP contribution in [0.5, 0.6) is 17.4 Å². The number of methoxy groups -OCH3 is 1. The van der Waals surface area contributed by atoms with E-state index in [0.29, 0.717) is 29.8 Å². The summed E-state index contributed by atoms with van der Waals surface area (Å²) in [5.41, 5.74) is 6.82. The van der Waals surface area contributed by atoms with Crippen molar-refractivity contribution < 1.29 is 14.4 Å². The van der Waals surface area contributed by atoms with E-state index in [1.807, 2.05) is 45.2 Å². The zero-order chi connectivity index (χ0) is 25.6. The molecule has 0 bridgehead atoms. The van der Waals surface area contributed by atoms with Gasteiger partial charge in [-0.1, -0.05) is 6.07 Å². The summed E-state index contributed by atoms with van der Waals surface area (Å²) < 4.78 is 11.8. The number of nitrogens with zero attached hydrogens (tertiary/aromatic N) is 3. The van der Waals surface area contributed by atoms with E-state index in [4.69, 9.17) is 14.9 Å². The first kappa shape index (κ1) is 23.1. The van der Waals surface area contributed by atoms with Crippen LogP contribution >= 0.6 is 0 Å². The van der Waals surface area contributed by atoms with E-state index in [1.165, 1.54) is 12.1 Å². The van der Waals surface area contributed by atoms with Gasteiger partial charge in [0.2, 0.25) is 5.88 Å². The average Bonchev–Trinajstić information content (AvgIpc) is 3.04. The molecule has 0 unspecified atom stereocenters. The molecule has 182 valence electrons. The summed E-state index contributed by atoms with van der Waals surface area (Å²) in [5.74, 6) is 1.89. The zero-order valence-corrected chi connectivity index (χ0v) is 20.4. The molecule has 0 radical (unpaired) electrons. The van der Waals surface area contributed by atoms with Gasteiger partial charge in [0.1, 0.15) is 5.84 Å². The van der Waals surface area contributed by atoms with Gasteiger partial charge in [0.05, 0.1) is 17.7 Å². The Bertz CT molecular complexity index is 1470. The summed E-state index contributed by atoms with van der Waals surface area (Å²) in [7, 11) is 3.42. The number of non-ortho nitro benzene ring substituents is 1. The number of aryl methyl sites for hydroxylation is 1. The minimum Gasteiger partial charge on any atom is -0.493 e. The molecule has 0 saturated carbocycles. The lowest BCUT2D eigenvalue weighted by Gasteiger charge is -2.19. The van der Waals surface area contributed by atoms with Crippen LogP contribution in [-0.4, -0.2) is 34.8 Å². The summed E-state index contributed by atoms with van der Waals surface area (Å²) in [5, 5.41) is 23.5. The number of likely N-dealkylation sites (N-methyl/N-ethyl adjacent to an activating group) is 1. The second kappa shape index (κ2) is 8.84. The van der Waals surface area contributed by atoms with Crippen LogP contribution in [0.4, 0.5) is 5.69 Å². The van der Waals surface area contributed by atoms with E-state index in [0.717, 1.165) is 44.9 Å². The summed E-state index contributed by atoms with van der Waals surface area (Å²) in [4.78, 5) is 17.0. The summed E-state index contributed by atoms with van der Waals surface area (Å²) in [6, 6.07) is 15.8. The maximum Gasteiger partial charge on any atom is 0.269 e. The largest absolute Gasteiger partial charge is 0.493 e. The number of hydrogen-bond acceptors (Lipinski definition) is 7. The van der Waals surface area contributed by atoms with Gasteiger partial charge in [-0.15, -0.1) is 0 Å². The molecular formula is C27H25N5O4. The summed E-state index contributed by atoms with van der Waals surface area (Å²) >= 11 is 0. The Balaban J connectivity index is 1.70.